The van der Waals surface area contributed by atoms with Crippen molar-refractivity contribution in [1.82, 2.24) is 10.2 Å². The Labute approximate surface area is 135 Å². The van der Waals surface area contributed by atoms with Crippen molar-refractivity contribution in [3.05, 3.63) is 33.3 Å². The third-order valence-electron chi connectivity index (χ3n) is 3.09. The van der Waals surface area contributed by atoms with Gasteiger partial charge in [-0.2, -0.15) is 13.2 Å². The first-order chi connectivity index (χ1) is 8.89. The summed E-state index contributed by atoms with van der Waals surface area (Å²) in [5.41, 5.74) is 0.214. The molecule has 20 heavy (non-hydrogen) atoms. The van der Waals surface area contributed by atoms with Gasteiger partial charge in [0.05, 0.1) is 5.02 Å². The molecule has 0 aliphatic carbocycles. The van der Waals surface area contributed by atoms with E-state index in [2.05, 4.69) is 21.2 Å². The first kappa shape index (κ1) is 18.0. The zero-order valence-electron chi connectivity index (χ0n) is 10.4. The molecule has 1 aliphatic heterocycles. The van der Waals surface area contributed by atoms with E-state index in [1.807, 2.05) is 0 Å². The molecule has 1 N–H and O–H groups in total. The highest BCUT2D eigenvalue weighted by molar-refractivity contribution is 9.10. The van der Waals surface area contributed by atoms with Gasteiger partial charge >= 0.3 is 6.18 Å². The highest BCUT2D eigenvalue weighted by Gasteiger charge is 2.44. The topological polar surface area (TPSA) is 15.3 Å². The minimum Gasteiger partial charge on any atom is -0.314 e. The molecule has 1 aromatic carbocycles. The van der Waals surface area contributed by atoms with E-state index >= 15 is 0 Å². The van der Waals surface area contributed by atoms with Crippen LogP contribution in [-0.2, 0) is 0 Å². The van der Waals surface area contributed by atoms with Crippen LogP contribution in [0.1, 0.15) is 11.6 Å². The fourth-order valence-electron chi connectivity index (χ4n) is 2.23. The van der Waals surface area contributed by atoms with Gasteiger partial charge in [-0.3, -0.25) is 4.90 Å². The molecule has 1 atom stereocenters. The Kier molecular flexibility index (Phi) is 6.60. The molecule has 2 nitrogen and oxygen atoms in total. The summed E-state index contributed by atoms with van der Waals surface area (Å²) in [6.07, 6.45) is -4.30. The lowest BCUT2D eigenvalue weighted by atomic mass is 10.0. The molecule has 0 saturated carbocycles. The maximum atomic E-state index is 13.3. The molecule has 1 fully saturated rings. The minimum atomic E-state index is -4.30. The van der Waals surface area contributed by atoms with Gasteiger partial charge in [0.25, 0.3) is 0 Å². The van der Waals surface area contributed by atoms with Gasteiger partial charge in [0.2, 0.25) is 0 Å². The molecule has 1 aliphatic rings. The first-order valence-electron chi connectivity index (χ1n) is 5.86. The van der Waals surface area contributed by atoms with E-state index in [1.54, 1.807) is 0 Å². The Bertz CT molecular complexity index is 451. The summed E-state index contributed by atoms with van der Waals surface area (Å²) in [5.74, 6) is 0. The van der Waals surface area contributed by atoms with Crippen LogP contribution in [-0.4, -0.2) is 37.3 Å². The number of piperazine rings is 1. The van der Waals surface area contributed by atoms with Gasteiger partial charge in [-0.15, -0.1) is 12.4 Å². The molecule has 8 heteroatoms. The van der Waals surface area contributed by atoms with Crippen molar-refractivity contribution >= 4 is 39.9 Å². The molecule has 1 heterocycles. The van der Waals surface area contributed by atoms with Gasteiger partial charge in [0.15, 0.2) is 0 Å². The fraction of sp³-hybridized carbons (Fsp3) is 0.500. The van der Waals surface area contributed by atoms with Crippen molar-refractivity contribution in [3.63, 3.8) is 0 Å². The van der Waals surface area contributed by atoms with E-state index in [4.69, 9.17) is 11.6 Å². The van der Waals surface area contributed by atoms with E-state index in [0.717, 1.165) is 0 Å². The largest absolute Gasteiger partial charge is 0.408 e. The lowest BCUT2D eigenvalue weighted by Gasteiger charge is -2.36. The summed E-state index contributed by atoms with van der Waals surface area (Å²) in [6.45, 7) is 1.90. The first-order valence-corrected chi connectivity index (χ1v) is 7.03. The SMILES string of the molecule is Cl.FC(F)(F)[C@H](c1ccc(Cl)c(Br)c1)N1CCNCC1. The monoisotopic (exact) mass is 392 g/mol. The molecule has 0 amide bonds. The predicted octanol–water partition coefficient (Wildman–Crippen LogP) is 4.03. The highest BCUT2D eigenvalue weighted by atomic mass is 79.9. The molecule has 2 rings (SSSR count). The average Bonchev–Trinajstić information content (AvgIpc) is 2.34. The molecule has 0 unspecified atom stereocenters. The summed E-state index contributed by atoms with van der Waals surface area (Å²) in [6, 6.07) is 2.79. The third-order valence-corrected chi connectivity index (χ3v) is 4.30. The number of benzene rings is 1. The van der Waals surface area contributed by atoms with Crippen molar-refractivity contribution in [2.45, 2.75) is 12.2 Å². The van der Waals surface area contributed by atoms with Gasteiger partial charge in [-0.25, -0.2) is 0 Å². The molecule has 114 valence electrons. The Morgan fingerprint density at radius 1 is 1.25 bits per heavy atom. The smallest absolute Gasteiger partial charge is 0.314 e. The molecule has 1 aromatic rings. The van der Waals surface area contributed by atoms with E-state index in [0.29, 0.717) is 35.7 Å². The van der Waals surface area contributed by atoms with Gasteiger partial charge in [-0.1, -0.05) is 17.7 Å². The second-order valence-electron chi connectivity index (χ2n) is 4.40. The van der Waals surface area contributed by atoms with E-state index in [1.165, 1.54) is 23.1 Å². The summed E-state index contributed by atoms with van der Waals surface area (Å²) in [4.78, 5) is 1.45. The number of nitrogens with one attached hydrogen (secondary N) is 1. The Morgan fingerprint density at radius 3 is 2.35 bits per heavy atom. The molecule has 0 bridgehead atoms. The molecule has 0 spiro atoms. The van der Waals surface area contributed by atoms with Crippen LogP contribution in [0, 0.1) is 0 Å². The van der Waals surface area contributed by atoms with Crippen LogP contribution in [0.15, 0.2) is 22.7 Å². The van der Waals surface area contributed by atoms with E-state index < -0.39 is 12.2 Å². The standard InChI is InChI=1S/C12H13BrClF3N2.ClH/c13-9-7-8(1-2-10(9)14)11(12(15,16)17)19-5-3-18-4-6-19;/h1-2,7,11,18H,3-6H2;1H/t11-;/m0./s1. The van der Waals surface area contributed by atoms with Crippen LogP contribution in [0.5, 0.6) is 0 Å². The van der Waals surface area contributed by atoms with E-state index in [9.17, 15) is 13.2 Å². The quantitative estimate of drug-likeness (QED) is 0.815. The number of hydrogen-bond donors (Lipinski definition) is 1. The number of rotatable bonds is 2. The van der Waals surface area contributed by atoms with Crippen LogP contribution < -0.4 is 5.32 Å². The zero-order valence-corrected chi connectivity index (χ0v) is 13.5. The van der Waals surface area contributed by atoms with Gasteiger partial charge < -0.3 is 5.32 Å². The van der Waals surface area contributed by atoms with E-state index in [-0.39, 0.29) is 18.0 Å². The summed E-state index contributed by atoms with van der Waals surface area (Å²) < 4.78 is 40.4. The van der Waals surface area contributed by atoms with Crippen molar-refractivity contribution in [2.24, 2.45) is 0 Å². The second kappa shape index (κ2) is 7.31. The molecule has 0 radical (unpaired) electrons. The molecule has 0 aromatic heterocycles. The number of alkyl halides is 3. The van der Waals surface area contributed by atoms with Crippen LogP contribution in [0.4, 0.5) is 13.2 Å². The van der Waals surface area contributed by atoms with Gasteiger partial charge in [-0.05, 0) is 33.6 Å². The minimum absolute atomic E-state index is 0. The Hall–Kier alpha value is -0.0100. The normalized spacial score (nSPS) is 18.4. The average molecular weight is 394 g/mol. The Morgan fingerprint density at radius 2 is 1.85 bits per heavy atom. The summed E-state index contributed by atoms with van der Waals surface area (Å²) in [5, 5.41) is 3.46. The van der Waals surface area contributed by atoms with Gasteiger partial charge in [0, 0.05) is 30.7 Å². The van der Waals surface area contributed by atoms with Crippen LogP contribution in [0.25, 0.3) is 0 Å². The maximum absolute atomic E-state index is 13.3. The number of hydrogen-bond acceptors (Lipinski definition) is 2. The van der Waals surface area contributed by atoms with Crippen LogP contribution >= 0.6 is 39.9 Å². The zero-order chi connectivity index (χ0) is 14.0. The number of nitrogens with zero attached hydrogens (tertiary/aromatic N) is 1. The predicted molar refractivity (Wildman–Crippen MR) is 79.6 cm³/mol. The van der Waals surface area contributed by atoms with Crippen LogP contribution in [0.3, 0.4) is 0 Å². The van der Waals surface area contributed by atoms with Gasteiger partial charge in [0.1, 0.15) is 6.04 Å². The maximum Gasteiger partial charge on any atom is 0.408 e. The van der Waals surface area contributed by atoms with Crippen LogP contribution in [0.2, 0.25) is 5.02 Å². The number of halogens is 6. The molecular weight excluding hydrogens is 380 g/mol. The molecular formula is C12H14BrCl2F3N2. The molecule has 1 saturated heterocycles. The second-order valence-corrected chi connectivity index (χ2v) is 5.67. The lowest BCUT2D eigenvalue weighted by Crippen LogP contribution is -2.49. The van der Waals surface area contributed by atoms with Crippen molar-refractivity contribution < 1.29 is 13.2 Å². The summed E-state index contributed by atoms with van der Waals surface area (Å²) >= 11 is 9.01. The van der Waals surface area contributed by atoms with Crippen molar-refractivity contribution in [2.75, 3.05) is 26.2 Å². The van der Waals surface area contributed by atoms with Crippen molar-refractivity contribution in [1.29, 1.82) is 0 Å². The third kappa shape index (κ3) is 4.24. The fourth-order valence-corrected chi connectivity index (χ4v) is 2.74. The Balaban J connectivity index is 0.00000200. The highest BCUT2D eigenvalue weighted by Crippen LogP contribution is 2.39. The lowest BCUT2D eigenvalue weighted by molar-refractivity contribution is -0.187. The van der Waals surface area contributed by atoms with Crippen molar-refractivity contribution in [3.8, 4) is 0 Å². The summed E-state index contributed by atoms with van der Waals surface area (Å²) in [7, 11) is 0.